The summed E-state index contributed by atoms with van der Waals surface area (Å²) in [7, 11) is 0. The van der Waals surface area contributed by atoms with Crippen molar-refractivity contribution in [2.24, 2.45) is 0 Å². The van der Waals surface area contributed by atoms with E-state index in [1.165, 1.54) is 6.08 Å². The summed E-state index contributed by atoms with van der Waals surface area (Å²) in [5, 5.41) is 2.71. The molecule has 1 N–H and O–H groups in total. The number of carbonyl (C=O) groups excluding carboxylic acids is 2. The van der Waals surface area contributed by atoms with Crippen LogP contribution in [0.3, 0.4) is 0 Å². The summed E-state index contributed by atoms with van der Waals surface area (Å²) in [4.78, 5) is 23.4. The van der Waals surface area contributed by atoms with Crippen LogP contribution in [0.5, 0.6) is 0 Å². The van der Waals surface area contributed by atoms with E-state index >= 15 is 0 Å². The number of nitrogens with one attached hydrogen (secondary N) is 1. The van der Waals surface area contributed by atoms with Gasteiger partial charge in [-0.15, -0.1) is 0 Å². The Kier molecular flexibility index (Phi) is 5.69. The number of para-hydroxylation sites is 1. The average Bonchev–Trinajstić information content (AvgIpc) is 2.53. The first kappa shape index (κ1) is 16.5. The van der Waals surface area contributed by atoms with E-state index in [4.69, 9.17) is 4.74 Å². The van der Waals surface area contributed by atoms with Gasteiger partial charge in [-0.2, -0.15) is 0 Å². The molecule has 0 unspecified atom stereocenters. The molecule has 0 bridgehead atoms. The van der Waals surface area contributed by atoms with Gasteiger partial charge in [0.15, 0.2) is 6.61 Å². The van der Waals surface area contributed by atoms with Crippen molar-refractivity contribution in [3.8, 4) is 0 Å². The van der Waals surface area contributed by atoms with Gasteiger partial charge in [0.1, 0.15) is 0 Å². The van der Waals surface area contributed by atoms with Crippen molar-refractivity contribution in [2.75, 3.05) is 11.9 Å². The Morgan fingerprint density at radius 2 is 1.87 bits per heavy atom. The minimum atomic E-state index is -0.550. The third kappa shape index (κ3) is 5.43. The highest BCUT2D eigenvalue weighted by atomic mass is 16.5. The van der Waals surface area contributed by atoms with Crippen LogP contribution >= 0.6 is 0 Å². The summed E-state index contributed by atoms with van der Waals surface area (Å²) >= 11 is 0. The molecule has 0 saturated heterocycles. The summed E-state index contributed by atoms with van der Waals surface area (Å²) in [5.74, 6) is -0.914. The highest BCUT2D eigenvalue weighted by Gasteiger charge is 2.06. The van der Waals surface area contributed by atoms with Crippen LogP contribution in [0.25, 0.3) is 6.08 Å². The highest BCUT2D eigenvalue weighted by Crippen LogP contribution is 2.12. The number of carbonyl (C=O) groups is 2. The molecule has 0 spiro atoms. The van der Waals surface area contributed by atoms with Gasteiger partial charge in [0.05, 0.1) is 0 Å². The molecule has 2 rings (SSSR count). The van der Waals surface area contributed by atoms with E-state index in [0.29, 0.717) is 5.69 Å². The van der Waals surface area contributed by atoms with Gasteiger partial charge in [-0.05, 0) is 37.1 Å². The molecule has 4 heteroatoms. The standard InChI is InChI=1S/C19H19NO3/c1-14-6-5-8-16(12-14)10-11-19(22)23-13-18(21)20-17-9-4-3-7-15(17)2/h3-12H,13H2,1-2H3,(H,20,21)/b11-10+. The first-order chi connectivity index (χ1) is 11.0. The third-order valence-corrected chi connectivity index (χ3v) is 3.22. The van der Waals surface area contributed by atoms with Crippen LogP contribution in [-0.4, -0.2) is 18.5 Å². The zero-order chi connectivity index (χ0) is 16.7. The molecule has 0 aliphatic rings. The summed E-state index contributed by atoms with van der Waals surface area (Å²) < 4.78 is 4.93. The minimum Gasteiger partial charge on any atom is -0.452 e. The largest absolute Gasteiger partial charge is 0.452 e. The smallest absolute Gasteiger partial charge is 0.331 e. The van der Waals surface area contributed by atoms with Crippen molar-refractivity contribution >= 4 is 23.6 Å². The van der Waals surface area contributed by atoms with Gasteiger partial charge in [0, 0.05) is 11.8 Å². The summed E-state index contributed by atoms with van der Waals surface area (Å²) in [5.41, 5.74) is 3.68. The van der Waals surface area contributed by atoms with Crippen LogP contribution in [0, 0.1) is 13.8 Å². The Hall–Kier alpha value is -2.88. The van der Waals surface area contributed by atoms with Gasteiger partial charge in [-0.1, -0.05) is 48.0 Å². The molecular weight excluding hydrogens is 290 g/mol. The van der Waals surface area contributed by atoms with Crippen LogP contribution in [-0.2, 0) is 14.3 Å². The molecule has 23 heavy (non-hydrogen) atoms. The Balaban J connectivity index is 1.82. The molecule has 0 aromatic heterocycles. The number of esters is 1. The Labute approximate surface area is 135 Å². The molecule has 0 saturated carbocycles. The maximum absolute atomic E-state index is 11.8. The number of hydrogen-bond donors (Lipinski definition) is 1. The Bertz CT molecular complexity index is 735. The molecule has 0 fully saturated rings. The molecule has 0 heterocycles. The van der Waals surface area contributed by atoms with E-state index in [2.05, 4.69) is 5.32 Å². The van der Waals surface area contributed by atoms with Gasteiger partial charge in [-0.3, -0.25) is 4.79 Å². The molecule has 118 valence electrons. The zero-order valence-corrected chi connectivity index (χ0v) is 13.2. The second-order valence-electron chi connectivity index (χ2n) is 5.22. The van der Waals surface area contributed by atoms with E-state index in [1.807, 2.05) is 56.3 Å². The van der Waals surface area contributed by atoms with Gasteiger partial charge < -0.3 is 10.1 Å². The number of hydrogen-bond acceptors (Lipinski definition) is 3. The van der Waals surface area contributed by atoms with E-state index in [-0.39, 0.29) is 12.5 Å². The maximum atomic E-state index is 11.8. The molecule has 2 aromatic rings. The molecule has 1 amide bonds. The number of rotatable bonds is 5. The predicted molar refractivity (Wildman–Crippen MR) is 91.0 cm³/mol. The van der Waals surface area contributed by atoms with Crippen molar-refractivity contribution in [3.05, 3.63) is 71.3 Å². The Morgan fingerprint density at radius 3 is 2.61 bits per heavy atom. The second kappa shape index (κ2) is 7.94. The van der Waals surface area contributed by atoms with Gasteiger partial charge in [0.25, 0.3) is 5.91 Å². The monoisotopic (exact) mass is 309 g/mol. The van der Waals surface area contributed by atoms with E-state index in [0.717, 1.165) is 16.7 Å². The summed E-state index contributed by atoms with van der Waals surface area (Å²) in [6, 6.07) is 15.1. The number of aryl methyl sites for hydroxylation is 2. The van der Waals surface area contributed by atoms with Crippen molar-refractivity contribution in [3.63, 3.8) is 0 Å². The lowest BCUT2D eigenvalue weighted by atomic mass is 10.1. The van der Waals surface area contributed by atoms with E-state index in [9.17, 15) is 9.59 Å². The number of amides is 1. The first-order valence-corrected chi connectivity index (χ1v) is 7.31. The van der Waals surface area contributed by atoms with Crippen LogP contribution in [0.2, 0.25) is 0 Å². The van der Waals surface area contributed by atoms with Crippen molar-refractivity contribution in [1.82, 2.24) is 0 Å². The maximum Gasteiger partial charge on any atom is 0.331 e. The molecule has 4 nitrogen and oxygen atoms in total. The van der Waals surface area contributed by atoms with Crippen molar-refractivity contribution < 1.29 is 14.3 Å². The number of ether oxygens (including phenoxy) is 1. The van der Waals surface area contributed by atoms with Crippen LogP contribution < -0.4 is 5.32 Å². The van der Waals surface area contributed by atoms with Crippen LogP contribution in [0.1, 0.15) is 16.7 Å². The lowest BCUT2D eigenvalue weighted by Crippen LogP contribution is -2.20. The Morgan fingerprint density at radius 1 is 1.09 bits per heavy atom. The number of anilines is 1. The zero-order valence-electron chi connectivity index (χ0n) is 13.2. The predicted octanol–water partition coefficient (Wildman–Crippen LogP) is 3.50. The summed E-state index contributed by atoms with van der Waals surface area (Å²) in [6.45, 7) is 3.56. The third-order valence-electron chi connectivity index (χ3n) is 3.22. The fourth-order valence-electron chi connectivity index (χ4n) is 2.02. The average molecular weight is 309 g/mol. The topological polar surface area (TPSA) is 55.4 Å². The molecule has 2 aromatic carbocycles. The molecular formula is C19H19NO3. The first-order valence-electron chi connectivity index (χ1n) is 7.31. The quantitative estimate of drug-likeness (QED) is 0.679. The minimum absolute atomic E-state index is 0.314. The normalized spacial score (nSPS) is 10.5. The second-order valence-corrected chi connectivity index (χ2v) is 5.22. The van der Waals surface area contributed by atoms with Crippen LogP contribution in [0.15, 0.2) is 54.6 Å². The van der Waals surface area contributed by atoms with Crippen LogP contribution in [0.4, 0.5) is 5.69 Å². The number of benzene rings is 2. The molecule has 0 aliphatic carbocycles. The van der Waals surface area contributed by atoms with E-state index in [1.54, 1.807) is 12.1 Å². The highest BCUT2D eigenvalue weighted by molar-refractivity contribution is 5.95. The fourth-order valence-corrected chi connectivity index (χ4v) is 2.02. The molecule has 0 atom stereocenters. The lowest BCUT2D eigenvalue weighted by molar-refractivity contribution is -0.142. The fraction of sp³-hybridized carbons (Fsp3) is 0.158. The van der Waals surface area contributed by atoms with Gasteiger partial charge >= 0.3 is 5.97 Å². The van der Waals surface area contributed by atoms with E-state index < -0.39 is 5.97 Å². The SMILES string of the molecule is Cc1cccc(/C=C/C(=O)OCC(=O)Nc2ccccc2C)c1. The summed E-state index contributed by atoms with van der Waals surface area (Å²) in [6.07, 6.45) is 2.98. The lowest BCUT2D eigenvalue weighted by Gasteiger charge is -2.07. The molecule has 0 aliphatic heterocycles. The van der Waals surface area contributed by atoms with Crippen molar-refractivity contribution in [2.45, 2.75) is 13.8 Å². The van der Waals surface area contributed by atoms with Gasteiger partial charge in [0.2, 0.25) is 0 Å². The van der Waals surface area contributed by atoms with Gasteiger partial charge in [-0.25, -0.2) is 4.79 Å². The van der Waals surface area contributed by atoms with Crippen molar-refractivity contribution in [1.29, 1.82) is 0 Å². The molecule has 0 radical (unpaired) electrons.